The van der Waals surface area contributed by atoms with Crippen LogP contribution in [0.15, 0.2) is 42.5 Å². The molecule has 2 aromatic rings. The average Bonchev–Trinajstić information content (AvgIpc) is 2.64. The van der Waals surface area contributed by atoms with E-state index in [1.54, 1.807) is 24.3 Å². The van der Waals surface area contributed by atoms with Crippen LogP contribution in [0.2, 0.25) is 0 Å². The van der Waals surface area contributed by atoms with Gasteiger partial charge in [0.15, 0.2) is 0 Å². The SMILES string of the molecule is COc1ccccc1NC(=O)CN1C(=O)CCc2cc([N+](=O)[O-])ccc21. The van der Waals surface area contributed by atoms with Gasteiger partial charge in [0.2, 0.25) is 11.8 Å². The summed E-state index contributed by atoms with van der Waals surface area (Å²) in [6.45, 7) is -0.179. The highest BCUT2D eigenvalue weighted by Gasteiger charge is 2.27. The Labute approximate surface area is 149 Å². The van der Waals surface area contributed by atoms with E-state index < -0.39 is 4.92 Å². The van der Waals surface area contributed by atoms with E-state index in [9.17, 15) is 19.7 Å². The molecule has 0 unspecified atom stereocenters. The van der Waals surface area contributed by atoms with Gasteiger partial charge in [-0.3, -0.25) is 19.7 Å². The molecule has 3 rings (SSSR count). The number of nitrogens with one attached hydrogen (secondary N) is 1. The molecule has 1 N–H and O–H groups in total. The molecule has 1 heterocycles. The smallest absolute Gasteiger partial charge is 0.269 e. The number of fused-ring (bicyclic) bond motifs is 1. The zero-order valence-electron chi connectivity index (χ0n) is 14.1. The van der Waals surface area contributed by atoms with Crippen LogP contribution in [0.5, 0.6) is 5.75 Å². The summed E-state index contributed by atoms with van der Waals surface area (Å²) in [4.78, 5) is 36.5. The van der Waals surface area contributed by atoms with Crippen molar-refractivity contribution < 1.29 is 19.2 Å². The van der Waals surface area contributed by atoms with Gasteiger partial charge in [-0.25, -0.2) is 0 Å². The maximum absolute atomic E-state index is 12.4. The standard InChI is InChI=1S/C18H17N3O5/c1-26-16-5-3-2-4-14(16)19-17(22)11-20-15-8-7-13(21(24)25)10-12(15)6-9-18(20)23/h2-5,7-8,10H,6,9,11H2,1H3,(H,19,22). The van der Waals surface area contributed by atoms with Crippen LogP contribution in [0.4, 0.5) is 17.1 Å². The van der Waals surface area contributed by atoms with Crippen LogP contribution in [-0.4, -0.2) is 30.4 Å². The van der Waals surface area contributed by atoms with E-state index in [2.05, 4.69) is 5.32 Å². The first-order chi connectivity index (χ1) is 12.5. The maximum atomic E-state index is 12.4. The molecule has 0 spiro atoms. The number of methoxy groups -OCH3 is 1. The Morgan fingerprint density at radius 2 is 2.04 bits per heavy atom. The molecule has 8 nitrogen and oxygen atoms in total. The summed E-state index contributed by atoms with van der Waals surface area (Å²) in [5.74, 6) is -0.0579. The molecule has 26 heavy (non-hydrogen) atoms. The third-order valence-electron chi connectivity index (χ3n) is 4.16. The maximum Gasteiger partial charge on any atom is 0.269 e. The van der Waals surface area contributed by atoms with Crippen molar-refractivity contribution in [2.24, 2.45) is 0 Å². The molecule has 1 aliphatic heterocycles. The van der Waals surface area contributed by atoms with Gasteiger partial charge >= 0.3 is 0 Å². The van der Waals surface area contributed by atoms with Crippen molar-refractivity contribution in [1.29, 1.82) is 0 Å². The van der Waals surface area contributed by atoms with E-state index in [1.165, 1.54) is 30.2 Å². The number of carbonyl (C=O) groups is 2. The molecule has 0 fully saturated rings. The van der Waals surface area contributed by atoms with Crippen LogP contribution in [-0.2, 0) is 16.0 Å². The lowest BCUT2D eigenvalue weighted by Crippen LogP contribution is -2.40. The molecule has 134 valence electrons. The minimum absolute atomic E-state index is 0.0310. The molecule has 0 saturated carbocycles. The fourth-order valence-electron chi connectivity index (χ4n) is 2.91. The second-order valence-electron chi connectivity index (χ2n) is 5.80. The second kappa shape index (κ2) is 7.22. The predicted molar refractivity (Wildman–Crippen MR) is 95.4 cm³/mol. The first-order valence-electron chi connectivity index (χ1n) is 8.00. The first kappa shape index (κ1) is 17.4. The van der Waals surface area contributed by atoms with Gasteiger partial charge in [-0.2, -0.15) is 0 Å². The number of ether oxygens (including phenoxy) is 1. The van der Waals surface area contributed by atoms with Gasteiger partial charge in [0, 0.05) is 24.2 Å². The van der Waals surface area contributed by atoms with Crippen molar-refractivity contribution in [3.8, 4) is 5.75 Å². The fourth-order valence-corrected chi connectivity index (χ4v) is 2.91. The molecule has 0 radical (unpaired) electrons. The van der Waals surface area contributed by atoms with Crippen molar-refractivity contribution in [2.45, 2.75) is 12.8 Å². The second-order valence-corrected chi connectivity index (χ2v) is 5.80. The van der Waals surface area contributed by atoms with Crippen LogP contribution in [0, 0.1) is 10.1 Å². The molecule has 0 aromatic heterocycles. The molecule has 8 heteroatoms. The van der Waals surface area contributed by atoms with Crippen molar-refractivity contribution >= 4 is 28.9 Å². The summed E-state index contributed by atoms with van der Waals surface area (Å²) in [6, 6.07) is 11.3. The quantitative estimate of drug-likeness (QED) is 0.656. The number of hydrogen-bond donors (Lipinski definition) is 1. The number of hydrogen-bond acceptors (Lipinski definition) is 5. The topological polar surface area (TPSA) is 102 Å². The molecule has 0 saturated heterocycles. The highest BCUT2D eigenvalue weighted by Crippen LogP contribution is 2.31. The molecular formula is C18H17N3O5. The molecule has 1 aliphatic rings. The minimum Gasteiger partial charge on any atom is -0.495 e. The zero-order chi connectivity index (χ0) is 18.7. The van der Waals surface area contributed by atoms with Crippen LogP contribution < -0.4 is 15.0 Å². The lowest BCUT2D eigenvalue weighted by molar-refractivity contribution is -0.384. The number of amides is 2. The number of para-hydroxylation sites is 2. The molecule has 2 amide bonds. The Balaban J connectivity index is 1.80. The Morgan fingerprint density at radius 3 is 2.77 bits per heavy atom. The van der Waals surface area contributed by atoms with Crippen LogP contribution in [0.1, 0.15) is 12.0 Å². The summed E-state index contributed by atoms with van der Waals surface area (Å²) in [5, 5.41) is 13.6. The summed E-state index contributed by atoms with van der Waals surface area (Å²) < 4.78 is 5.19. The van der Waals surface area contributed by atoms with E-state index >= 15 is 0 Å². The molecule has 0 aliphatic carbocycles. The number of nitro benzene ring substituents is 1. The lowest BCUT2D eigenvalue weighted by Gasteiger charge is -2.28. The van der Waals surface area contributed by atoms with Crippen molar-refractivity contribution in [3.05, 3.63) is 58.1 Å². The van der Waals surface area contributed by atoms with Gasteiger partial charge in [0.1, 0.15) is 12.3 Å². The van der Waals surface area contributed by atoms with Gasteiger partial charge < -0.3 is 15.0 Å². The van der Waals surface area contributed by atoms with Crippen molar-refractivity contribution in [2.75, 3.05) is 23.9 Å². The lowest BCUT2D eigenvalue weighted by atomic mass is 10.0. The number of rotatable bonds is 5. The Bertz CT molecular complexity index is 881. The first-order valence-corrected chi connectivity index (χ1v) is 8.00. The average molecular weight is 355 g/mol. The summed E-state index contributed by atoms with van der Waals surface area (Å²) in [7, 11) is 1.50. The summed E-state index contributed by atoms with van der Waals surface area (Å²) in [5.41, 5.74) is 1.69. The molecule has 0 atom stereocenters. The Hall–Kier alpha value is -3.42. The van der Waals surface area contributed by atoms with E-state index in [-0.39, 0.29) is 30.5 Å². The van der Waals surface area contributed by atoms with E-state index in [0.717, 1.165) is 0 Å². The Kier molecular flexibility index (Phi) is 4.83. The van der Waals surface area contributed by atoms with E-state index in [4.69, 9.17) is 4.74 Å². The molecular weight excluding hydrogens is 338 g/mol. The number of non-ortho nitro benzene ring substituents is 1. The number of anilines is 2. The number of nitro groups is 1. The number of aryl methyl sites for hydroxylation is 1. The highest BCUT2D eigenvalue weighted by atomic mass is 16.6. The van der Waals surface area contributed by atoms with Gasteiger partial charge in [-0.05, 0) is 30.2 Å². The largest absolute Gasteiger partial charge is 0.495 e. The Morgan fingerprint density at radius 1 is 1.27 bits per heavy atom. The summed E-state index contributed by atoms with van der Waals surface area (Å²) >= 11 is 0. The highest BCUT2D eigenvalue weighted by molar-refractivity contribution is 6.04. The van der Waals surface area contributed by atoms with Gasteiger partial charge in [0.25, 0.3) is 5.69 Å². The predicted octanol–water partition coefficient (Wildman–Crippen LogP) is 2.52. The van der Waals surface area contributed by atoms with E-state index in [1.807, 2.05) is 0 Å². The summed E-state index contributed by atoms with van der Waals surface area (Å²) in [6.07, 6.45) is 0.622. The third-order valence-corrected chi connectivity index (χ3v) is 4.16. The number of carbonyl (C=O) groups excluding carboxylic acids is 2. The van der Waals surface area contributed by atoms with Crippen LogP contribution in [0.25, 0.3) is 0 Å². The molecule has 2 aromatic carbocycles. The van der Waals surface area contributed by atoms with Crippen LogP contribution in [0.3, 0.4) is 0 Å². The van der Waals surface area contributed by atoms with Crippen molar-refractivity contribution in [1.82, 2.24) is 0 Å². The monoisotopic (exact) mass is 355 g/mol. The van der Waals surface area contributed by atoms with Gasteiger partial charge in [-0.1, -0.05) is 12.1 Å². The fraction of sp³-hybridized carbons (Fsp3) is 0.222. The van der Waals surface area contributed by atoms with Crippen LogP contribution >= 0.6 is 0 Å². The minimum atomic E-state index is -0.477. The van der Waals surface area contributed by atoms with Gasteiger partial charge in [0.05, 0.1) is 17.7 Å². The van der Waals surface area contributed by atoms with Gasteiger partial charge in [-0.15, -0.1) is 0 Å². The zero-order valence-corrected chi connectivity index (χ0v) is 14.1. The third kappa shape index (κ3) is 3.49. The number of benzene rings is 2. The van der Waals surface area contributed by atoms with E-state index in [0.29, 0.717) is 29.1 Å². The number of nitrogens with zero attached hydrogens (tertiary/aromatic N) is 2. The normalized spacial score (nSPS) is 13.1. The van der Waals surface area contributed by atoms with Crippen molar-refractivity contribution in [3.63, 3.8) is 0 Å². The molecule has 0 bridgehead atoms.